The molecule has 0 saturated carbocycles. The fraction of sp³-hybridized carbons (Fsp3) is 0.467. The minimum Gasteiger partial charge on any atom is -0.387 e. The SMILES string of the molecule is Cc1cc(F)ccc1C(O)CS(=O)(=O)Cc1noc(C(C)C)n1. The Balaban J connectivity index is 2.10. The van der Waals surface area contributed by atoms with E-state index in [2.05, 4.69) is 10.1 Å². The predicted molar refractivity (Wildman–Crippen MR) is 82.0 cm³/mol. The quantitative estimate of drug-likeness (QED) is 0.866. The van der Waals surface area contributed by atoms with Crippen molar-refractivity contribution >= 4 is 9.84 Å². The van der Waals surface area contributed by atoms with Crippen molar-refractivity contribution in [2.24, 2.45) is 0 Å². The fourth-order valence-electron chi connectivity index (χ4n) is 2.16. The van der Waals surface area contributed by atoms with Gasteiger partial charge in [0.15, 0.2) is 15.7 Å². The van der Waals surface area contributed by atoms with Crippen molar-refractivity contribution in [3.8, 4) is 0 Å². The molecule has 1 aromatic carbocycles. The average molecular weight is 342 g/mol. The van der Waals surface area contributed by atoms with Crippen LogP contribution in [-0.4, -0.2) is 29.4 Å². The lowest BCUT2D eigenvalue weighted by Gasteiger charge is -2.13. The molecule has 0 aliphatic carbocycles. The molecule has 2 aromatic rings. The van der Waals surface area contributed by atoms with E-state index in [1.165, 1.54) is 18.2 Å². The third-order valence-electron chi connectivity index (χ3n) is 3.33. The molecule has 1 aromatic heterocycles. The van der Waals surface area contributed by atoms with E-state index in [9.17, 15) is 17.9 Å². The van der Waals surface area contributed by atoms with Crippen LogP contribution in [0.1, 0.15) is 48.7 Å². The van der Waals surface area contributed by atoms with Crippen LogP contribution in [0.5, 0.6) is 0 Å². The van der Waals surface area contributed by atoms with Crippen molar-refractivity contribution in [2.75, 3.05) is 5.75 Å². The second-order valence-electron chi connectivity index (χ2n) is 5.77. The molecule has 0 aliphatic rings. The number of halogens is 1. The molecular formula is C15H19FN2O4S. The third-order valence-corrected chi connectivity index (χ3v) is 4.85. The summed E-state index contributed by atoms with van der Waals surface area (Å²) in [5.74, 6) is -0.909. The number of hydrogen-bond donors (Lipinski definition) is 1. The number of hydrogen-bond acceptors (Lipinski definition) is 6. The van der Waals surface area contributed by atoms with Crippen molar-refractivity contribution in [2.45, 2.75) is 38.5 Å². The minimum absolute atomic E-state index is 0.00593. The summed E-state index contributed by atoms with van der Waals surface area (Å²) in [6, 6.07) is 3.82. The Kier molecular flexibility index (Phi) is 5.16. The van der Waals surface area contributed by atoms with E-state index in [0.29, 0.717) is 17.0 Å². The van der Waals surface area contributed by atoms with Gasteiger partial charge < -0.3 is 9.63 Å². The molecular weight excluding hydrogens is 323 g/mol. The lowest BCUT2D eigenvalue weighted by atomic mass is 10.0. The first-order valence-electron chi connectivity index (χ1n) is 7.15. The maximum absolute atomic E-state index is 13.1. The molecule has 0 radical (unpaired) electrons. The fourth-order valence-corrected chi connectivity index (χ4v) is 3.45. The van der Waals surface area contributed by atoms with Crippen LogP contribution in [0.3, 0.4) is 0 Å². The molecule has 0 spiro atoms. The van der Waals surface area contributed by atoms with Gasteiger partial charge in [-0.2, -0.15) is 4.98 Å². The van der Waals surface area contributed by atoms with E-state index in [0.717, 1.165) is 0 Å². The third kappa shape index (κ3) is 4.59. The van der Waals surface area contributed by atoms with Gasteiger partial charge >= 0.3 is 0 Å². The molecule has 0 bridgehead atoms. The summed E-state index contributed by atoms with van der Waals surface area (Å²) in [7, 11) is -3.65. The van der Waals surface area contributed by atoms with Gasteiger partial charge in [-0.25, -0.2) is 12.8 Å². The lowest BCUT2D eigenvalue weighted by molar-refractivity contribution is 0.200. The molecule has 126 valence electrons. The van der Waals surface area contributed by atoms with Crippen LogP contribution in [0.4, 0.5) is 4.39 Å². The van der Waals surface area contributed by atoms with Crippen LogP contribution < -0.4 is 0 Å². The van der Waals surface area contributed by atoms with E-state index in [1.54, 1.807) is 6.92 Å². The van der Waals surface area contributed by atoms with Crippen LogP contribution in [0.2, 0.25) is 0 Å². The Morgan fingerprint density at radius 2 is 2.04 bits per heavy atom. The molecule has 0 amide bonds. The largest absolute Gasteiger partial charge is 0.387 e. The van der Waals surface area contributed by atoms with Crippen molar-refractivity contribution in [3.05, 3.63) is 46.9 Å². The van der Waals surface area contributed by atoms with Crippen LogP contribution in [-0.2, 0) is 15.6 Å². The Morgan fingerprint density at radius 3 is 2.61 bits per heavy atom. The maximum atomic E-state index is 13.1. The zero-order valence-electron chi connectivity index (χ0n) is 13.2. The second-order valence-corrected chi connectivity index (χ2v) is 7.88. The molecule has 1 N–H and O–H groups in total. The van der Waals surface area contributed by atoms with Crippen LogP contribution in [0.25, 0.3) is 0 Å². The molecule has 1 atom stereocenters. The number of nitrogens with zero attached hydrogens (tertiary/aromatic N) is 2. The highest BCUT2D eigenvalue weighted by Gasteiger charge is 2.23. The molecule has 6 nitrogen and oxygen atoms in total. The number of aliphatic hydroxyl groups excluding tert-OH is 1. The van der Waals surface area contributed by atoms with Gasteiger partial charge in [0.1, 0.15) is 11.6 Å². The summed E-state index contributed by atoms with van der Waals surface area (Å²) < 4.78 is 42.4. The van der Waals surface area contributed by atoms with E-state index < -0.39 is 33.3 Å². The second kappa shape index (κ2) is 6.76. The standard InChI is InChI=1S/C15H19FN2O4S/c1-9(2)15-17-14(18-22-15)8-23(20,21)7-13(19)12-5-4-11(16)6-10(12)3/h4-6,9,13,19H,7-8H2,1-3H3. The highest BCUT2D eigenvalue weighted by molar-refractivity contribution is 7.90. The van der Waals surface area contributed by atoms with Crippen molar-refractivity contribution in [3.63, 3.8) is 0 Å². The number of aromatic nitrogens is 2. The monoisotopic (exact) mass is 342 g/mol. The Morgan fingerprint density at radius 1 is 1.35 bits per heavy atom. The molecule has 8 heteroatoms. The summed E-state index contributed by atoms with van der Waals surface area (Å²) in [6.45, 7) is 5.32. The highest BCUT2D eigenvalue weighted by atomic mass is 32.2. The zero-order chi connectivity index (χ0) is 17.2. The van der Waals surface area contributed by atoms with Gasteiger partial charge in [-0.3, -0.25) is 0 Å². The normalized spacial score (nSPS) is 13.5. The summed E-state index contributed by atoms with van der Waals surface area (Å²) >= 11 is 0. The number of benzene rings is 1. The van der Waals surface area contributed by atoms with Gasteiger partial charge in [-0.05, 0) is 30.2 Å². The highest BCUT2D eigenvalue weighted by Crippen LogP contribution is 2.21. The van der Waals surface area contributed by atoms with Gasteiger partial charge in [0.2, 0.25) is 5.89 Å². The molecule has 0 saturated heterocycles. The molecule has 1 heterocycles. The average Bonchev–Trinajstić information content (AvgIpc) is 2.85. The summed E-state index contributed by atoms with van der Waals surface area (Å²) in [5, 5.41) is 13.8. The number of aliphatic hydroxyl groups is 1. The van der Waals surface area contributed by atoms with E-state index >= 15 is 0 Å². The Hall–Kier alpha value is -1.80. The van der Waals surface area contributed by atoms with Gasteiger partial charge in [0, 0.05) is 5.92 Å². The summed E-state index contributed by atoms with van der Waals surface area (Å²) in [4.78, 5) is 4.02. The van der Waals surface area contributed by atoms with Gasteiger partial charge in [0.05, 0.1) is 11.9 Å². The summed E-state index contributed by atoms with van der Waals surface area (Å²) in [5.41, 5.74) is 0.875. The topological polar surface area (TPSA) is 93.3 Å². The lowest BCUT2D eigenvalue weighted by Crippen LogP contribution is -2.17. The molecule has 2 rings (SSSR count). The molecule has 0 fully saturated rings. The van der Waals surface area contributed by atoms with Gasteiger partial charge in [-0.1, -0.05) is 25.1 Å². The van der Waals surface area contributed by atoms with Gasteiger partial charge in [-0.15, -0.1) is 0 Å². The van der Waals surface area contributed by atoms with Crippen LogP contribution in [0.15, 0.2) is 22.7 Å². The predicted octanol–water partition coefficient (Wildman–Crippen LogP) is 2.29. The Bertz CT molecular complexity index is 787. The van der Waals surface area contributed by atoms with Crippen molar-refractivity contribution in [1.82, 2.24) is 10.1 Å². The first kappa shape index (κ1) is 17.6. The van der Waals surface area contributed by atoms with E-state index in [-0.39, 0.29) is 11.7 Å². The summed E-state index contributed by atoms with van der Waals surface area (Å²) in [6.07, 6.45) is -1.24. The van der Waals surface area contributed by atoms with Crippen molar-refractivity contribution < 1.29 is 22.4 Å². The van der Waals surface area contributed by atoms with Gasteiger partial charge in [0.25, 0.3) is 0 Å². The zero-order valence-corrected chi connectivity index (χ0v) is 14.0. The Labute approximate surface area is 134 Å². The maximum Gasteiger partial charge on any atom is 0.229 e. The van der Waals surface area contributed by atoms with Crippen LogP contribution in [0, 0.1) is 12.7 Å². The van der Waals surface area contributed by atoms with Crippen molar-refractivity contribution in [1.29, 1.82) is 0 Å². The first-order chi connectivity index (χ1) is 10.7. The molecule has 0 aliphatic heterocycles. The molecule has 23 heavy (non-hydrogen) atoms. The van der Waals surface area contributed by atoms with E-state index in [1.807, 2.05) is 13.8 Å². The molecule has 1 unspecified atom stereocenters. The number of aryl methyl sites for hydroxylation is 1. The van der Waals surface area contributed by atoms with Crippen LogP contribution >= 0.6 is 0 Å². The minimum atomic E-state index is -3.65. The number of rotatable bonds is 6. The van der Waals surface area contributed by atoms with E-state index in [4.69, 9.17) is 4.52 Å². The first-order valence-corrected chi connectivity index (χ1v) is 8.97. The number of sulfone groups is 1. The smallest absolute Gasteiger partial charge is 0.229 e.